The summed E-state index contributed by atoms with van der Waals surface area (Å²) >= 11 is 0. The van der Waals surface area contributed by atoms with Gasteiger partial charge < -0.3 is 20.4 Å². The van der Waals surface area contributed by atoms with Crippen molar-refractivity contribution in [1.82, 2.24) is 15.3 Å². The van der Waals surface area contributed by atoms with Gasteiger partial charge in [0.1, 0.15) is 23.1 Å². The summed E-state index contributed by atoms with van der Waals surface area (Å²) in [5.41, 5.74) is 1.30. The molecule has 2 aliphatic heterocycles. The summed E-state index contributed by atoms with van der Waals surface area (Å²) < 4.78 is 60.1. The second-order valence-corrected chi connectivity index (χ2v) is 11.1. The maximum Gasteiger partial charge on any atom is 0.228 e. The topological polar surface area (TPSA) is 56.3 Å². The molecule has 0 atom stereocenters. The van der Waals surface area contributed by atoms with Gasteiger partial charge in [-0.1, -0.05) is 13.8 Å². The lowest BCUT2D eigenvalue weighted by Crippen LogP contribution is -2.44. The minimum atomic E-state index is -0.747. The lowest BCUT2D eigenvalue weighted by atomic mass is 9.80. The number of fused-ring (bicyclic) bond motifs is 1. The number of nitrogens with zero attached hydrogens (tertiary/aromatic N) is 4. The molecule has 1 saturated heterocycles. The second kappa shape index (κ2) is 10.1. The van der Waals surface area contributed by atoms with Crippen molar-refractivity contribution in [3.05, 3.63) is 59.3 Å². The van der Waals surface area contributed by atoms with Crippen molar-refractivity contribution in [2.24, 2.45) is 5.41 Å². The molecule has 3 aromatic rings. The molecule has 0 spiro atoms. The van der Waals surface area contributed by atoms with Crippen molar-refractivity contribution in [3.8, 4) is 11.3 Å². The highest BCUT2D eigenvalue weighted by Crippen LogP contribution is 2.41. The Kier molecular flexibility index (Phi) is 6.94. The number of hydrogen-bond acceptors (Lipinski definition) is 6. The highest BCUT2D eigenvalue weighted by Gasteiger charge is 2.34. The van der Waals surface area contributed by atoms with Crippen molar-refractivity contribution >= 4 is 23.0 Å². The Hall–Kier alpha value is -3.40. The zero-order valence-corrected chi connectivity index (χ0v) is 22.0. The third-order valence-corrected chi connectivity index (χ3v) is 7.12. The quantitative estimate of drug-likeness (QED) is 0.418. The van der Waals surface area contributed by atoms with Crippen LogP contribution in [-0.4, -0.2) is 48.7 Å². The van der Waals surface area contributed by atoms with E-state index in [0.717, 1.165) is 24.9 Å². The van der Waals surface area contributed by atoms with Crippen molar-refractivity contribution in [1.29, 1.82) is 0 Å². The van der Waals surface area contributed by atoms with Gasteiger partial charge >= 0.3 is 0 Å². The summed E-state index contributed by atoms with van der Waals surface area (Å²) in [6.45, 7) is 11.5. The molecule has 6 nitrogen and oxygen atoms in total. The second-order valence-electron chi connectivity index (χ2n) is 11.1. The number of piperazine rings is 1. The van der Waals surface area contributed by atoms with Crippen LogP contribution < -0.4 is 20.4 Å². The summed E-state index contributed by atoms with van der Waals surface area (Å²) in [4.78, 5) is 12.0. The molecule has 2 aliphatic rings. The smallest absolute Gasteiger partial charge is 0.228 e. The number of anilines is 4. The van der Waals surface area contributed by atoms with Crippen LogP contribution in [0.5, 0.6) is 0 Å². The van der Waals surface area contributed by atoms with Crippen LogP contribution in [0.2, 0.25) is 0 Å². The average Bonchev–Trinajstić information content (AvgIpc) is 2.87. The van der Waals surface area contributed by atoms with E-state index in [2.05, 4.69) is 39.3 Å². The molecule has 2 N–H and O–H groups in total. The van der Waals surface area contributed by atoms with Crippen LogP contribution >= 0.6 is 0 Å². The van der Waals surface area contributed by atoms with Gasteiger partial charge in [0.25, 0.3) is 0 Å². The van der Waals surface area contributed by atoms with E-state index in [4.69, 9.17) is 0 Å². The Balaban J connectivity index is 1.48. The SMILES string of the molecule is CC(C)N1CC(C)(C)Cc2c(F)cc(-c3nc(Nc4cc(F)c(N5CCNCC5)cc4F)ncc3F)cc21. The molecule has 0 aliphatic carbocycles. The molecule has 0 bridgehead atoms. The zero-order chi connectivity index (χ0) is 27.2. The van der Waals surface area contributed by atoms with Gasteiger partial charge in [0.15, 0.2) is 5.82 Å². The van der Waals surface area contributed by atoms with Gasteiger partial charge in [0.05, 0.1) is 17.6 Å². The number of benzene rings is 2. The third kappa shape index (κ3) is 5.14. The Morgan fingerprint density at radius 2 is 1.66 bits per heavy atom. The van der Waals surface area contributed by atoms with Crippen LogP contribution in [-0.2, 0) is 6.42 Å². The van der Waals surface area contributed by atoms with E-state index in [9.17, 15) is 13.2 Å². The first kappa shape index (κ1) is 26.2. The molecule has 1 fully saturated rings. The van der Waals surface area contributed by atoms with Crippen LogP contribution in [0.3, 0.4) is 0 Å². The highest BCUT2D eigenvalue weighted by molar-refractivity contribution is 5.71. The van der Waals surface area contributed by atoms with Gasteiger partial charge in [-0.25, -0.2) is 27.5 Å². The van der Waals surface area contributed by atoms with Gasteiger partial charge in [0, 0.05) is 67.7 Å². The fourth-order valence-electron chi connectivity index (χ4n) is 5.26. The predicted octanol–water partition coefficient (Wildman–Crippen LogP) is 5.65. The van der Waals surface area contributed by atoms with E-state index in [-0.39, 0.29) is 40.0 Å². The molecule has 0 unspecified atom stereocenters. The Morgan fingerprint density at radius 1 is 0.921 bits per heavy atom. The van der Waals surface area contributed by atoms with E-state index in [1.807, 2.05) is 13.8 Å². The number of rotatable bonds is 5. The van der Waals surface area contributed by atoms with Crippen LogP contribution in [0.15, 0.2) is 30.5 Å². The van der Waals surface area contributed by atoms with E-state index in [1.54, 1.807) is 11.0 Å². The molecule has 10 heteroatoms. The fourth-order valence-corrected chi connectivity index (χ4v) is 5.26. The largest absolute Gasteiger partial charge is 0.368 e. The first-order valence-corrected chi connectivity index (χ1v) is 12.9. The molecule has 0 amide bonds. The normalized spacial score (nSPS) is 17.1. The number of hydrogen-bond donors (Lipinski definition) is 2. The molecule has 1 aromatic heterocycles. The molecule has 5 rings (SSSR count). The lowest BCUT2D eigenvalue weighted by Gasteiger charge is -2.43. The average molecular weight is 529 g/mol. The van der Waals surface area contributed by atoms with Crippen molar-refractivity contribution in [2.75, 3.05) is 47.8 Å². The Labute approximate surface area is 220 Å². The van der Waals surface area contributed by atoms with Gasteiger partial charge in [-0.05, 0) is 37.8 Å². The van der Waals surface area contributed by atoms with Crippen LogP contribution in [0.4, 0.5) is 40.6 Å². The van der Waals surface area contributed by atoms with Gasteiger partial charge in [-0.15, -0.1) is 0 Å². The van der Waals surface area contributed by atoms with Gasteiger partial charge in [-0.2, -0.15) is 0 Å². The lowest BCUT2D eigenvalue weighted by molar-refractivity contribution is 0.332. The molecule has 38 heavy (non-hydrogen) atoms. The van der Waals surface area contributed by atoms with E-state index in [0.29, 0.717) is 43.9 Å². The Bertz CT molecular complexity index is 1350. The number of nitrogens with one attached hydrogen (secondary N) is 2. The van der Waals surface area contributed by atoms with Crippen LogP contribution in [0.25, 0.3) is 11.3 Å². The first-order valence-electron chi connectivity index (χ1n) is 12.9. The highest BCUT2D eigenvalue weighted by atomic mass is 19.1. The van der Waals surface area contributed by atoms with Gasteiger partial charge in [-0.3, -0.25) is 0 Å². The fraction of sp³-hybridized carbons (Fsp3) is 0.429. The number of aromatic nitrogens is 2. The Morgan fingerprint density at radius 3 is 2.37 bits per heavy atom. The van der Waals surface area contributed by atoms with Crippen LogP contribution in [0.1, 0.15) is 33.3 Å². The number of halogens is 4. The molecular weight excluding hydrogens is 496 g/mol. The molecule has 3 heterocycles. The molecule has 0 saturated carbocycles. The van der Waals surface area contributed by atoms with Crippen molar-refractivity contribution < 1.29 is 17.6 Å². The maximum absolute atomic E-state index is 15.4. The summed E-state index contributed by atoms with van der Waals surface area (Å²) in [5.74, 6) is -2.59. The summed E-state index contributed by atoms with van der Waals surface area (Å²) in [6, 6.07) is 5.30. The van der Waals surface area contributed by atoms with E-state index in [1.165, 1.54) is 6.07 Å². The molecule has 0 radical (unpaired) electrons. The monoisotopic (exact) mass is 528 g/mol. The zero-order valence-electron chi connectivity index (χ0n) is 22.0. The third-order valence-electron chi connectivity index (χ3n) is 7.12. The van der Waals surface area contributed by atoms with Crippen molar-refractivity contribution in [3.63, 3.8) is 0 Å². The first-order chi connectivity index (χ1) is 18.0. The standard InChI is InChI=1S/C28H32F4N6/c1-16(2)38-15-28(3,4)13-18-19(29)9-17(10-24(18)38)26-22(32)14-34-27(36-26)35-23-11-21(31)25(12-20(23)30)37-7-5-33-6-8-37/h9-12,14,16,33H,5-8,13,15H2,1-4H3,(H,34,35,36). The summed E-state index contributed by atoms with van der Waals surface area (Å²) in [6.07, 6.45) is 1.50. The van der Waals surface area contributed by atoms with E-state index < -0.39 is 23.3 Å². The minimum absolute atomic E-state index is 0.109. The minimum Gasteiger partial charge on any atom is -0.368 e. The van der Waals surface area contributed by atoms with E-state index >= 15 is 4.39 Å². The van der Waals surface area contributed by atoms with Crippen molar-refractivity contribution in [2.45, 2.75) is 40.2 Å². The predicted molar refractivity (Wildman–Crippen MR) is 142 cm³/mol. The molecule has 2 aromatic carbocycles. The van der Waals surface area contributed by atoms with Crippen LogP contribution in [0, 0.1) is 28.7 Å². The maximum atomic E-state index is 15.4. The summed E-state index contributed by atoms with van der Waals surface area (Å²) in [5, 5.41) is 5.83. The molecular formula is C28H32F4N6. The summed E-state index contributed by atoms with van der Waals surface area (Å²) in [7, 11) is 0. The molecule has 202 valence electrons. The van der Waals surface area contributed by atoms with Gasteiger partial charge in [0.2, 0.25) is 5.95 Å².